The van der Waals surface area contributed by atoms with E-state index in [0.717, 1.165) is 0 Å². The molecule has 0 spiro atoms. The second kappa shape index (κ2) is 5.93. The predicted octanol–water partition coefficient (Wildman–Crippen LogP) is -0.0747. The highest BCUT2D eigenvalue weighted by atomic mass is 31.2. The Morgan fingerprint density at radius 3 is 1.81 bits per heavy atom. The molecule has 0 aromatic carbocycles. The lowest BCUT2D eigenvalue weighted by molar-refractivity contribution is -0.145. The van der Waals surface area contributed by atoms with Crippen molar-refractivity contribution in [2.45, 2.75) is 6.42 Å². The van der Waals surface area contributed by atoms with Crippen LogP contribution in [0.25, 0.3) is 0 Å². The zero-order chi connectivity index (χ0) is 12.9. The van der Waals surface area contributed by atoms with Gasteiger partial charge in [0.2, 0.25) is 0 Å². The molecule has 0 saturated heterocycles. The van der Waals surface area contributed by atoms with Gasteiger partial charge in [0.25, 0.3) is 0 Å². The van der Waals surface area contributed by atoms with Gasteiger partial charge in [-0.3, -0.25) is 18.5 Å². The fraction of sp³-hybridized carbons (Fsp3) is 0.714. The second-order valence-electron chi connectivity index (χ2n) is 3.31. The van der Waals surface area contributed by atoms with Crippen LogP contribution < -0.4 is 0 Å². The molecule has 0 heterocycles. The molecule has 9 heteroatoms. The van der Waals surface area contributed by atoms with E-state index in [1.807, 2.05) is 0 Å². The molecule has 0 radical (unpaired) electrons. The summed E-state index contributed by atoms with van der Waals surface area (Å²) in [6.07, 6.45) is -1.64. The summed E-state index contributed by atoms with van der Waals surface area (Å²) in [7, 11) is -4.57. The number of hydrogen-bond acceptors (Lipinski definition) is 3. The molecule has 1 unspecified atom stereocenters. The third kappa shape index (κ3) is 5.79. The average Bonchev–Trinajstić information content (AvgIpc) is 2.09. The number of carboxylic acids is 2. The van der Waals surface area contributed by atoms with Crippen molar-refractivity contribution in [2.24, 2.45) is 11.8 Å². The summed E-state index contributed by atoms with van der Waals surface area (Å²) in [5, 5.41) is 17.1. The molecule has 4 N–H and O–H groups in total. The van der Waals surface area contributed by atoms with Crippen molar-refractivity contribution in [1.82, 2.24) is 0 Å². The highest BCUT2D eigenvalue weighted by Crippen LogP contribution is 2.38. The number of rotatable bonds is 7. The quantitative estimate of drug-likeness (QED) is 0.469. The number of aliphatic carboxylic acids is 2. The van der Waals surface area contributed by atoms with Gasteiger partial charge in [-0.1, -0.05) is 0 Å². The molecule has 0 aromatic heterocycles. The Labute approximate surface area is 90.1 Å². The number of carbonyl (C=O) groups is 2. The maximum absolute atomic E-state index is 12.2. The summed E-state index contributed by atoms with van der Waals surface area (Å²) in [5.74, 6) is -6.21. The Balaban J connectivity index is 4.62. The van der Waals surface area contributed by atoms with E-state index in [9.17, 15) is 18.5 Å². The molecule has 7 nitrogen and oxygen atoms in total. The lowest BCUT2D eigenvalue weighted by atomic mass is 9.97. The van der Waals surface area contributed by atoms with E-state index in [-0.39, 0.29) is 0 Å². The lowest BCUT2D eigenvalue weighted by Gasteiger charge is -2.16. The van der Waals surface area contributed by atoms with Crippen molar-refractivity contribution in [3.05, 3.63) is 0 Å². The Bertz CT molecular complexity index is 312. The van der Waals surface area contributed by atoms with Gasteiger partial charge < -0.3 is 20.0 Å². The Hall–Kier alpha value is -0.980. The van der Waals surface area contributed by atoms with Crippen molar-refractivity contribution in [2.75, 3.05) is 12.8 Å². The van der Waals surface area contributed by atoms with Gasteiger partial charge in [-0.25, -0.2) is 0 Å². The van der Waals surface area contributed by atoms with Crippen molar-refractivity contribution in [1.29, 1.82) is 0 Å². The topological polar surface area (TPSA) is 132 Å². The van der Waals surface area contributed by atoms with Crippen LogP contribution in [0.2, 0.25) is 0 Å². The Kier molecular flexibility index (Phi) is 5.57. The molecule has 0 fully saturated rings. The molecular weight excluding hydrogens is 246 g/mol. The van der Waals surface area contributed by atoms with Gasteiger partial charge in [-0.15, -0.1) is 0 Å². The van der Waals surface area contributed by atoms with Gasteiger partial charge in [-0.2, -0.15) is 0 Å². The molecule has 0 aliphatic carbocycles. The molecule has 94 valence electrons. The van der Waals surface area contributed by atoms with E-state index in [4.69, 9.17) is 20.0 Å². The maximum Gasteiger partial charge on any atom is 0.326 e. The van der Waals surface area contributed by atoms with E-state index in [1.54, 1.807) is 0 Å². The summed E-state index contributed by atoms with van der Waals surface area (Å²) in [6.45, 7) is -1.28. The van der Waals surface area contributed by atoms with Gasteiger partial charge in [0.1, 0.15) is 6.67 Å². The smallest absolute Gasteiger partial charge is 0.326 e. The van der Waals surface area contributed by atoms with E-state index >= 15 is 0 Å². The second-order valence-corrected chi connectivity index (χ2v) is 5.00. The first-order valence-electron chi connectivity index (χ1n) is 4.23. The van der Waals surface area contributed by atoms with Gasteiger partial charge in [-0.05, 0) is 6.42 Å². The van der Waals surface area contributed by atoms with Crippen LogP contribution in [0.4, 0.5) is 4.39 Å². The molecule has 16 heavy (non-hydrogen) atoms. The lowest BCUT2D eigenvalue weighted by Crippen LogP contribution is -2.26. The zero-order valence-electron chi connectivity index (χ0n) is 8.11. The van der Waals surface area contributed by atoms with E-state index < -0.39 is 50.6 Å². The fourth-order valence-electron chi connectivity index (χ4n) is 1.11. The SMILES string of the molecule is O=C(O)C(C[C@H](CF)C(=O)O)CP(=O)(O)O. The largest absolute Gasteiger partial charge is 0.481 e. The predicted molar refractivity (Wildman–Crippen MR) is 49.8 cm³/mol. The van der Waals surface area contributed by atoms with Crippen LogP contribution >= 0.6 is 7.60 Å². The van der Waals surface area contributed by atoms with Crippen LogP contribution in [0, 0.1) is 11.8 Å². The number of carboxylic acid groups (broad SMARTS) is 2. The summed E-state index contributed by atoms with van der Waals surface area (Å²) in [4.78, 5) is 38.2. The van der Waals surface area contributed by atoms with E-state index in [1.165, 1.54) is 0 Å². The first-order chi connectivity index (χ1) is 7.17. The van der Waals surface area contributed by atoms with Crippen LogP contribution in [0.3, 0.4) is 0 Å². The average molecular weight is 258 g/mol. The van der Waals surface area contributed by atoms with Gasteiger partial charge in [0, 0.05) is 0 Å². The summed E-state index contributed by atoms with van der Waals surface area (Å²) >= 11 is 0. The van der Waals surface area contributed by atoms with Crippen molar-refractivity contribution in [3.8, 4) is 0 Å². The molecule has 0 aliphatic heterocycles. The van der Waals surface area contributed by atoms with Crippen molar-refractivity contribution >= 4 is 19.5 Å². The Morgan fingerprint density at radius 2 is 1.56 bits per heavy atom. The normalized spacial score (nSPS) is 15.4. The number of halogens is 1. The van der Waals surface area contributed by atoms with Crippen LogP contribution in [0.1, 0.15) is 6.42 Å². The Morgan fingerprint density at radius 1 is 1.12 bits per heavy atom. The highest BCUT2D eigenvalue weighted by molar-refractivity contribution is 7.51. The highest BCUT2D eigenvalue weighted by Gasteiger charge is 2.32. The minimum atomic E-state index is -4.57. The fourth-order valence-corrected chi connectivity index (χ4v) is 1.99. The first kappa shape index (κ1) is 15.0. The van der Waals surface area contributed by atoms with Gasteiger partial charge in [0.05, 0.1) is 18.0 Å². The van der Waals surface area contributed by atoms with Crippen LogP contribution in [0.15, 0.2) is 0 Å². The third-order valence-electron chi connectivity index (χ3n) is 1.91. The standard InChI is InChI=1S/C7H12FO7P/c8-2-4(6(9)10)1-5(7(11)12)3-16(13,14)15/h4-5H,1-3H2,(H,9,10)(H,11,12)(H2,13,14,15)/t4-,5?/m1/s1. The molecule has 0 aromatic rings. The third-order valence-corrected chi connectivity index (χ3v) is 2.83. The number of hydrogen-bond donors (Lipinski definition) is 4. The molecule has 2 atom stereocenters. The van der Waals surface area contributed by atoms with Gasteiger partial charge >= 0.3 is 19.5 Å². The minimum absolute atomic E-state index is 0.647. The monoisotopic (exact) mass is 258 g/mol. The van der Waals surface area contributed by atoms with Crippen LogP contribution in [-0.4, -0.2) is 44.8 Å². The molecule has 0 amide bonds. The van der Waals surface area contributed by atoms with E-state index in [2.05, 4.69) is 0 Å². The van der Waals surface area contributed by atoms with Crippen LogP contribution in [0.5, 0.6) is 0 Å². The van der Waals surface area contributed by atoms with Crippen LogP contribution in [-0.2, 0) is 14.2 Å². The minimum Gasteiger partial charge on any atom is -0.481 e. The van der Waals surface area contributed by atoms with Gasteiger partial charge in [0.15, 0.2) is 0 Å². The number of alkyl halides is 1. The molecule has 0 saturated carbocycles. The zero-order valence-corrected chi connectivity index (χ0v) is 9.01. The van der Waals surface area contributed by atoms with Crippen molar-refractivity contribution < 1.29 is 38.5 Å². The molecule has 0 rings (SSSR count). The molecule has 0 aliphatic rings. The first-order valence-corrected chi connectivity index (χ1v) is 6.03. The maximum atomic E-state index is 12.2. The molecule has 0 bridgehead atoms. The summed E-state index contributed by atoms with van der Waals surface area (Å²) in [5.41, 5.74) is 0. The van der Waals surface area contributed by atoms with Crippen molar-refractivity contribution in [3.63, 3.8) is 0 Å². The summed E-state index contributed by atoms with van der Waals surface area (Å²) < 4.78 is 22.8. The summed E-state index contributed by atoms with van der Waals surface area (Å²) in [6, 6.07) is 0. The molecular formula is C7H12FO7P. The van der Waals surface area contributed by atoms with E-state index in [0.29, 0.717) is 0 Å².